The number of rotatable bonds is 9. The molecule has 1 aliphatic heterocycles. The number of carboxylic acid groups (broad SMARTS) is 3. The summed E-state index contributed by atoms with van der Waals surface area (Å²) >= 11 is 0. The quantitative estimate of drug-likeness (QED) is 0.108. The van der Waals surface area contributed by atoms with Crippen molar-refractivity contribution in [2.75, 3.05) is 13.3 Å². The predicted molar refractivity (Wildman–Crippen MR) is 135 cm³/mol. The molecule has 41 heavy (non-hydrogen) atoms. The van der Waals surface area contributed by atoms with Crippen LogP contribution in [0.1, 0.15) is 69.9 Å². The van der Waals surface area contributed by atoms with Gasteiger partial charge in [0.2, 0.25) is 6.79 Å². The summed E-state index contributed by atoms with van der Waals surface area (Å²) in [5.41, 5.74) is 0.492. The molecule has 2 fully saturated rings. The monoisotopic (exact) mass is 597 g/mol. The zero-order valence-electron chi connectivity index (χ0n) is 24.2. The van der Waals surface area contributed by atoms with Crippen LogP contribution >= 0.6 is 0 Å². The van der Waals surface area contributed by atoms with Crippen LogP contribution < -0.4 is 69.2 Å². The number of aliphatic carboxylic acids is 3. The van der Waals surface area contributed by atoms with Gasteiger partial charge in [-0.15, -0.1) is 0 Å². The van der Waals surface area contributed by atoms with Crippen molar-refractivity contribution in [3.05, 3.63) is 29.3 Å². The van der Waals surface area contributed by atoms with E-state index in [2.05, 4.69) is 17.4 Å². The van der Waals surface area contributed by atoms with Gasteiger partial charge in [0.25, 0.3) is 0 Å². The Balaban J connectivity index is 0.000000484. The Morgan fingerprint density at radius 1 is 1.05 bits per heavy atom. The average molecular weight is 598 g/mol. The molecule has 0 aromatic heterocycles. The zero-order valence-corrected chi connectivity index (χ0v) is 28.2. The maximum atomic E-state index is 11.5. The number of hydrogen-bond donors (Lipinski definition) is 5. The summed E-state index contributed by atoms with van der Waals surface area (Å²) in [4.78, 5) is 42.0. The molecule has 3 atom stereocenters. The molecule has 0 amide bonds. The Labute approximate surface area is 283 Å². The molecule has 216 valence electrons. The molecule has 1 saturated heterocycles. The minimum absolute atomic E-state index is 0. The third-order valence-corrected chi connectivity index (χ3v) is 7.64. The fraction of sp³-hybridized carbons (Fsp3) is 0.630. The van der Waals surface area contributed by atoms with Gasteiger partial charge in [0.15, 0.2) is 5.60 Å². The van der Waals surface area contributed by atoms with E-state index >= 15 is 0 Å². The molecule has 2 aliphatic carbocycles. The molecular formula is C27H37NNa2O11+2. The first-order valence-corrected chi connectivity index (χ1v) is 13.1. The number of piperidine rings is 1. The zero-order chi connectivity index (χ0) is 28.8. The van der Waals surface area contributed by atoms with Gasteiger partial charge < -0.3 is 40.0 Å². The third-order valence-electron chi connectivity index (χ3n) is 7.64. The Morgan fingerprint density at radius 3 is 2.29 bits per heavy atom. The largest absolute Gasteiger partial charge is 1.00 e. The Hall–Kier alpha value is -1.38. The molecule has 14 heteroatoms. The molecule has 4 rings (SSSR count). The van der Waals surface area contributed by atoms with Crippen molar-refractivity contribution in [1.82, 2.24) is 5.32 Å². The van der Waals surface area contributed by atoms with E-state index in [1.807, 2.05) is 6.07 Å². The van der Waals surface area contributed by atoms with Gasteiger partial charge in [-0.3, -0.25) is 9.59 Å². The first kappa shape index (κ1) is 37.6. The second-order valence-electron chi connectivity index (χ2n) is 10.6. The number of aliphatic hydroxyl groups is 1. The van der Waals surface area contributed by atoms with E-state index in [1.54, 1.807) is 13.8 Å². The van der Waals surface area contributed by atoms with Crippen LogP contribution in [0.15, 0.2) is 18.2 Å². The van der Waals surface area contributed by atoms with Crippen LogP contribution in [0.3, 0.4) is 0 Å². The Bertz CT molecular complexity index is 1060. The van der Waals surface area contributed by atoms with Crippen molar-refractivity contribution in [3.63, 3.8) is 0 Å². The van der Waals surface area contributed by atoms with E-state index in [0.29, 0.717) is 11.5 Å². The number of carbonyl (C=O) groups excluding carboxylic acids is 1. The molecule has 1 aromatic rings. The van der Waals surface area contributed by atoms with Crippen LogP contribution in [0.4, 0.5) is 4.79 Å². The maximum absolute atomic E-state index is 11.5. The topological polar surface area (TPSA) is 189 Å². The molecule has 12 nitrogen and oxygen atoms in total. The van der Waals surface area contributed by atoms with E-state index in [4.69, 9.17) is 34.6 Å². The second kappa shape index (κ2) is 16.5. The molecule has 0 radical (unpaired) electrons. The molecule has 2 bridgehead atoms. The predicted octanol–water partition coefficient (Wildman–Crippen LogP) is -3.31. The molecule has 1 aromatic carbocycles. The van der Waals surface area contributed by atoms with Crippen LogP contribution in [-0.2, 0) is 35.7 Å². The number of ether oxygens (including phenoxy) is 3. The van der Waals surface area contributed by atoms with Crippen molar-refractivity contribution < 1.29 is 113 Å². The summed E-state index contributed by atoms with van der Waals surface area (Å²) in [5.74, 6) is -3.50. The van der Waals surface area contributed by atoms with E-state index in [9.17, 15) is 19.2 Å². The van der Waals surface area contributed by atoms with Gasteiger partial charge in [-0.05, 0) is 75.3 Å². The first-order valence-electron chi connectivity index (χ1n) is 13.1. The van der Waals surface area contributed by atoms with Gasteiger partial charge in [0, 0.05) is 11.5 Å². The Kier molecular flexibility index (Phi) is 15.1. The van der Waals surface area contributed by atoms with Crippen molar-refractivity contribution in [2.24, 2.45) is 5.92 Å². The number of hydrogen-bond acceptors (Lipinski definition) is 9. The third kappa shape index (κ3) is 9.82. The van der Waals surface area contributed by atoms with Crippen LogP contribution in [-0.4, -0.2) is 75.6 Å². The summed E-state index contributed by atoms with van der Waals surface area (Å²) in [6.07, 6.45) is 4.42. The Morgan fingerprint density at radius 2 is 1.71 bits per heavy atom. The van der Waals surface area contributed by atoms with Gasteiger partial charge in [0.05, 0.1) is 18.9 Å². The van der Waals surface area contributed by atoms with E-state index in [1.165, 1.54) is 43.2 Å². The molecule has 1 saturated carbocycles. The van der Waals surface area contributed by atoms with E-state index in [-0.39, 0.29) is 72.0 Å². The summed E-state index contributed by atoms with van der Waals surface area (Å²) in [6, 6.07) is 7.01. The number of benzene rings is 1. The number of nitrogens with one attached hydrogen (secondary N) is 1. The smallest absolute Gasteiger partial charge is 0.481 e. The first-order chi connectivity index (χ1) is 18.4. The van der Waals surface area contributed by atoms with E-state index < -0.39 is 42.5 Å². The number of carboxylic acids is 3. The fourth-order valence-electron chi connectivity index (χ4n) is 6.08. The van der Waals surface area contributed by atoms with Crippen molar-refractivity contribution in [1.29, 1.82) is 0 Å². The van der Waals surface area contributed by atoms with Gasteiger partial charge >= 0.3 is 83.2 Å². The summed E-state index contributed by atoms with van der Waals surface area (Å²) in [7, 11) is 0. The molecule has 0 spiro atoms. The van der Waals surface area contributed by atoms with Crippen LogP contribution in [0, 0.1) is 5.92 Å². The maximum Gasteiger partial charge on any atom is 1.00 e. The minimum atomic E-state index is -2.74. The average Bonchev–Trinajstić information content (AvgIpc) is 2.83. The van der Waals surface area contributed by atoms with Gasteiger partial charge in [-0.25, -0.2) is 9.59 Å². The molecule has 5 N–H and O–H groups in total. The van der Waals surface area contributed by atoms with Crippen molar-refractivity contribution in [3.8, 4) is 5.75 Å². The van der Waals surface area contributed by atoms with Gasteiger partial charge in [-0.1, -0.05) is 18.9 Å². The summed E-state index contributed by atoms with van der Waals surface area (Å²) in [6.45, 7) is 4.57. The molecular weight excluding hydrogens is 560 g/mol. The van der Waals surface area contributed by atoms with Crippen molar-refractivity contribution >= 4 is 24.1 Å². The second-order valence-corrected chi connectivity index (χ2v) is 10.6. The standard InChI is InChI=1S/C21H29NO4.C6H8O7.2Na/c1-14(2)26-20(23)25-13-24-16-7-6-15-11-19-17-5-3-4-8-21(17,9-10-22-19)18(15)12-16;7-3(8)1-6(13,5(11)12)2-4(9)10;;/h6-7,12,14,17,19,22H,3-5,8-11,13H2,1-2H3;13H,1-2H2,(H,7,8)(H,9,10)(H,11,12);;/q;;2*+1/t17-,19-,21+;;;/m1.../s1. The van der Waals surface area contributed by atoms with Crippen LogP contribution in [0.5, 0.6) is 5.75 Å². The molecule has 3 aliphatic rings. The fourth-order valence-corrected chi connectivity index (χ4v) is 6.08. The normalized spacial score (nSPS) is 22.1. The van der Waals surface area contributed by atoms with Crippen molar-refractivity contribution in [2.45, 2.75) is 88.4 Å². The van der Waals surface area contributed by atoms with Gasteiger partial charge in [-0.2, -0.15) is 0 Å². The number of carbonyl (C=O) groups is 4. The molecule has 0 unspecified atom stereocenters. The minimum Gasteiger partial charge on any atom is -0.481 e. The summed E-state index contributed by atoms with van der Waals surface area (Å²) in [5, 5.41) is 37.6. The van der Waals surface area contributed by atoms with Crippen LogP contribution in [0.2, 0.25) is 0 Å². The SMILES string of the molecule is CC(C)OC(=O)OCOc1ccc2c(c1)[C@]13CCCC[C@@H]1[C@@H](C2)NCC3.O=C(O)CC(O)(CC(=O)O)C(=O)O.[Na+].[Na+]. The van der Waals surface area contributed by atoms with Gasteiger partial charge in [0.1, 0.15) is 5.75 Å². The molecule has 1 heterocycles. The van der Waals surface area contributed by atoms with E-state index in [0.717, 1.165) is 24.6 Å². The number of fused-ring (bicyclic) bond motifs is 1. The summed E-state index contributed by atoms with van der Waals surface area (Å²) < 4.78 is 15.6. The van der Waals surface area contributed by atoms with Crippen LogP contribution in [0.25, 0.3) is 0 Å².